The maximum atomic E-state index is 13.5. The Bertz CT molecular complexity index is 886. The average molecular weight is 334 g/mol. The topological polar surface area (TPSA) is 60.1 Å². The molecule has 2 aromatic rings. The summed E-state index contributed by atoms with van der Waals surface area (Å²) in [6.45, 7) is 8.18. The quantitative estimate of drug-likeness (QED) is 0.745. The van der Waals surface area contributed by atoms with Gasteiger partial charge in [0.05, 0.1) is 11.7 Å². The highest BCUT2D eigenvalue weighted by Gasteiger charge is 2.29. The molecule has 0 amide bonds. The zero-order valence-electron chi connectivity index (χ0n) is 14.5. The van der Waals surface area contributed by atoms with Gasteiger partial charge in [0.2, 0.25) is 0 Å². The van der Waals surface area contributed by atoms with Crippen LogP contribution in [0.15, 0.2) is 21.9 Å². The lowest BCUT2D eigenvalue weighted by atomic mass is 9.98. The minimum absolute atomic E-state index is 0.0756. The van der Waals surface area contributed by atoms with Crippen LogP contribution < -0.4 is 11.1 Å². The Labute approximate surface area is 139 Å². The second kappa shape index (κ2) is 5.81. The summed E-state index contributed by atoms with van der Waals surface area (Å²) in [5.74, 6) is -0.523. The van der Waals surface area contributed by atoms with Gasteiger partial charge in [-0.2, -0.15) is 0 Å². The fourth-order valence-electron chi connectivity index (χ4n) is 3.44. The second-order valence-electron chi connectivity index (χ2n) is 7.42. The summed E-state index contributed by atoms with van der Waals surface area (Å²) < 4.78 is 16.2. The highest BCUT2D eigenvalue weighted by Crippen LogP contribution is 2.27. The molecule has 1 aliphatic heterocycles. The highest BCUT2D eigenvalue weighted by molar-refractivity contribution is 5.70. The maximum absolute atomic E-state index is 13.5. The van der Waals surface area contributed by atoms with Crippen LogP contribution in [0.1, 0.15) is 39.7 Å². The summed E-state index contributed by atoms with van der Waals surface area (Å²) in [5.41, 5.74) is -0.436. The van der Waals surface area contributed by atoms with Crippen molar-refractivity contribution in [1.82, 2.24) is 19.0 Å². The van der Waals surface area contributed by atoms with Crippen LogP contribution in [-0.4, -0.2) is 37.6 Å². The number of aryl methyl sites for hydroxylation is 1. The molecule has 0 unspecified atom stereocenters. The SMILES string of the molecule is Cn1c(=O)c(=O)n(C2CCN(C(C)(C)C)CC2)c2ncc(F)cc21. The summed E-state index contributed by atoms with van der Waals surface area (Å²) in [7, 11) is 1.47. The van der Waals surface area contributed by atoms with Crippen LogP contribution in [-0.2, 0) is 7.05 Å². The molecule has 7 heteroatoms. The predicted octanol–water partition coefficient (Wildman–Crippen LogP) is 1.67. The number of fused-ring (bicyclic) bond motifs is 1. The average Bonchev–Trinajstić information content (AvgIpc) is 2.53. The first kappa shape index (κ1) is 16.8. The fraction of sp³-hybridized carbons (Fsp3) is 0.588. The van der Waals surface area contributed by atoms with Crippen molar-refractivity contribution >= 4 is 11.2 Å². The summed E-state index contributed by atoms with van der Waals surface area (Å²) in [6, 6.07) is 1.16. The van der Waals surface area contributed by atoms with Crippen LogP contribution in [0.2, 0.25) is 0 Å². The number of hydrogen-bond acceptors (Lipinski definition) is 4. The van der Waals surface area contributed by atoms with Crippen LogP contribution in [0.4, 0.5) is 4.39 Å². The lowest BCUT2D eigenvalue weighted by molar-refractivity contribution is 0.0897. The molecule has 0 atom stereocenters. The fourth-order valence-corrected chi connectivity index (χ4v) is 3.44. The van der Waals surface area contributed by atoms with Gasteiger partial charge >= 0.3 is 11.1 Å². The third-order valence-electron chi connectivity index (χ3n) is 4.89. The van der Waals surface area contributed by atoms with Crippen molar-refractivity contribution in [2.45, 2.75) is 45.2 Å². The second-order valence-corrected chi connectivity index (χ2v) is 7.42. The van der Waals surface area contributed by atoms with Crippen molar-refractivity contribution < 1.29 is 4.39 Å². The van der Waals surface area contributed by atoms with Gasteiger partial charge in [-0.25, -0.2) is 9.37 Å². The molecule has 0 saturated carbocycles. The Kier molecular flexibility index (Phi) is 4.07. The van der Waals surface area contributed by atoms with Gasteiger partial charge in [0, 0.05) is 37.8 Å². The Morgan fingerprint density at radius 2 is 1.79 bits per heavy atom. The lowest BCUT2D eigenvalue weighted by Gasteiger charge is -2.41. The van der Waals surface area contributed by atoms with E-state index in [1.807, 2.05) is 0 Å². The lowest BCUT2D eigenvalue weighted by Crippen LogP contribution is -2.49. The molecule has 0 radical (unpaired) electrons. The zero-order valence-corrected chi connectivity index (χ0v) is 14.5. The van der Waals surface area contributed by atoms with Crippen molar-refractivity contribution in [3.05, 3.63) is 38.8 Å². The van der Waals surface area contributed by atoms with Crippen LogP contribution in [0.5, 0.6) is 0 Å². The highest BCUT2D eigenvalue weighted by atomic mass is 19.1. The van der Waals surface area contributed by atoms with E-state index in [9.17, 15) is 14.0 Å². The number of pyridine rings is 1. The van der Waals surface area contributed by atoms with Crippen LogP contribution >= 0.6 is 0 Å². The Morgan fingerprint density at radius 1 is 1.17 bits per heavy atom. The predicted molar refractivity (Wildman–Crippen MR) is 90.8 cm³/mol. The first-order valence-electron chi connectivity index (χ1n) is 8.22. The number of aromatic nitrogens is 3. The zero-order chi connectivity index (χ0) is 17.6. The molecule has 0 N–H and O–H groups in total. The smallest absolute Gasteiger partial charge is 0.304 e. The molecule has 6 nitrogen and oxygen atoms in total. The van der Waals surface area contributed by atoms with E-state index >= 15 is 0 Å². The molecule has 130 valence electrons. The molecule has 3 rings (SSSR count). The van der Waals surface area contributed by atoms with E-state index in [0.717, 1.165) is 32.1 Å². The van der Waals surface area contributed by atoms with Crippen molar-refractivity contribution in [1.29, 1.82) is 0 Å². The molecule has 0 aliphatic carbocycles. The first-order valence-corrected chi connectivity index (χ1v) is 8.22. The van der Waals surface area contributed by atoms with Crippen LogP contribution in [0.3, 0.4) is 0 Å². The summed E-state index contributed by atoms with van der Waals surface area (Å²) in [6.07, 6.45) is 2.62. The minimum Gasteiger partial charge on any atom is -0.304 e. The Hall–Kier alpha value is -2.02. The van der Waals surface area contributed by atoms with Gasteiger partial charge in [-0.1, -0.05) is 0 Å². The molecule has 0 aromatic carbocycles. The van der Waals surface area contributed by atoms with Gasteiger partial charge < -0.3 is 4.57 Å². The molecule has 0 bridgehead atoms. The van der Waals surface area contributed by atoms with Crippen molar-refractivity contribution in [3.63, 3.8) is 0 Å². The van der Waals surface area contributed by atoms with Gasteiger partial charge in [-0.15, -0.1) is 0 Å². The van der Waals surface area contributed by atoms with Gasteiger partial charge in [0.15, 0.2) is 5.65 Å². The monoisotopic (exact) mass is 334 g/mol. The molecule has 1 fully saturated rings. The van der Waals surface area contributed by atoms with Gasteiger partial charge in [-0.3, -0.25) is 19.1 Å². The summed E-state index contributed by atoms with van der Waals surface area (Å²) in [5, 5.41) is 0. The van der Waals surface area contributed by atoms with E-state index in [4.69, 9.17) is 0 Å². The van der Waals surface area contributed by atoms with E-state index in [1.165, 1.54) is 22.2 Å². The third-order valence-corrected chi connectivity index (χ3v) is 4.89. The summed E-state index contributed by atoms with van der Waals surface area (Å²) in [4.78, 5) is 31.3. The largest absolute Gasteiger partial charge is 0.318 e. The maximum Gasteiger partial charge on any atom is 0.318 e. The Balaban J connectivity index is 2.08. The standard InChI is InChI=1S/C17H23FN4O2/c1-17(2,3)21-7-5-12(6-8-21)22-14-13(9-11(18)10-19-14)20(4)15(23)16(22)24/h9-10,12H,5-8H2,1-4H3. The molecule has 1 saturated heterocycles. The molecule has 2 aromatic heterocycles. The number of nitrogens with zero attached hydrogens (tertiary/aromatic N) is 4. The van der Waals surface area contributed by atoms with Crippen LogP contribution in [0, 0.1) is 5.82 Å². The third kappa shape index (κ3) is 2.77. The Morgan fingerprint density at radius 3 is 2.38 bits per heavy atom. The normalized spacial score (nSPS) is 17.5. The molecular weight excluding hydrogens is 311 g/mol. The van der Waals surface area contributed by atoms with E-state index < -0.39 is 16.9 Å². The molecule has 1 aliphatic rings. The number of hydrogen-bond donors (Lipinski definition) is 0. The number of rotatable bonds is 1. The molecular formula is C17H23FN4O2. The van der Waals surface area contributed by atoms with E-state index in [-0.39, 0.29) is 11.6 Å². The minimum atomic E-state index is -0.645. The van der Waals surface area contributed by atoms with Gasteiger partial charge in [0.25, 0.3) is 0 Å². The molecule has 3 heterocycles. The van der Waals surface area contributed by atoms with Crippen LogP contribution in [0.25, 0.3) is 11.2 Å². The summed E-state index contributed by atoms with van der Waals surface area (Å²) >= 11 is 0. The van der Waals surface area contributed by atoms with Gasteiger partial charge in [0.1, 0.15) is 5.82 Å². The number of piperidine rings is 1. The molecule has 24 heavy (non-hydrogen) atoms. The first-order chi connectivity index (χ1) is 11.2. The van der Waals surface area contributed by atoms with Crippen molar-refractivity contribution in [3.8, 4) is 0 Å². The number of halogens is 1. The van der Waals surface area contributed by atoms with E-state index in [2.05, 4.69) is 30.7 Å². The molecule has 0 spiro atoms. The van der Waals surface area contributed by atoms with Crippen molar-refractivity contribution in [2.75, 3.05) is 13.1 Å². The van der Waals surface area contributed by atoms with E-state index in [1.54, 1.807) is 0 Å². The van der Waals surface area contributed by atoms with Crippen molar-refractivity contribution in [2.24, 2.45) is 7.05 Å². The van der Waals surface area contributed by atoms with Gasteiger partial charge in [-0.05, 0) is 33.6 Å². The number of likely N-dealkylation sites (tertiary alicyclic amines) is 1. The van der Waals surface area contributed by atoms with E-state index in [0.29, 0.717) is 11.2 Å².